The maximum Gasteiger partial charge on any atom is 0.241 e. The molecule has 5 heteroatoms. The molecule has 72 valence electrons. The molecular formula is C9H9N3O2. The minimum atomic E-state index is -0.00227. The first-order chi connectivity index (χ1) is 6.72. The number of nitrogens with zero attached hydrogens (tertiary/aromatic N) is 3. The van der Waals surface area contributed by atoms with Gasteiger partial charge in [0.05, 0.1) is 7.11 Å². The van der Waals surface area contributed by atoms with E-state index in [2.05, 4.69) is 10.1 Å². The molecule has 0 N–H and O–H groups in total. The van der Waals surface area contributed by atoms with E-state index in [1.807, 2.05) is 0 Å². The number of rotatable bonds is 2. The van der Waals surface area contributed by atoms with Crippen LogP contribution in [0.15, 0.2) is 18.6 Å². The third kappa shape index (κ3) is 1.22. The Bertz CT molecular complexity index is 490. The third-order valence-corrected chi connectivity index (χ3v) is 1.97. The number of aromatic nitrogens is 3. The van der Waals surface area contributed by atoms with E-state index in [1.165, 1.54) is 20.4 Å². The van der Waals surface area contributed by atoms with Gasteiger partial charge in [0.2, 0.25) is 5.88 Å². The second-order valence-electron chi connectivity index (χ2n) is 2.88. The van der Waals surface area contributed by atoms with Crippen LogP contribution in [0.2, 0.25) is 0 Å². The van der Waals surface area contributed by atoms with Crippen LogP contribution in [0.3, 0.4) is 0 Å². The van der Waals surface area contributed by atoms with Crippen molar-refractivity contribution in [3.8, 4) is 5.88 Å². The van der Waals surface area contributed by atoms with Crippen LogP contribution in [-0.2, 0) is 0 Å². The molecule has 0 aromatic carbocycles. The highest BCUT2D eigenvalue weighted by molar-refractivity contribution is 5.95. The Hall–Kier alpha value is -1.91. The Morgan fingerprint density at radius 2 is 2.36 bits per heavy atom. The largest absolute Gasteiger partial charge is 0.479 e. The van der Waals surface area contributed by atoms with Crippen LogP contribution in [0.1, 0.15) is 17.3 Å². The van der Waals surface area contributed by atoms with Gasteiger partial charge in [-0.15, -0.1) is 0 Å². The maximum atomic E-state index is 11.1. The zero-order valence-electron chi connectivity index (χ0n) is 7.89. The number of methoxy groups -OCH3 is 1. The number of carbonyl (C=O) groups is 1. The molecule has 0 spiro atoms. The predicted molar refractivity (Wildman–Crippen MR) is 49.5 cm³/mol. The standard InChI is InChI=1S/C9H9N3O2/c1-6(13)7-3-8-9(14-2)10-5-11-12(8)4-7/h3-5H,1-2H3. The van der Waals surface area contributed by atoms with Crippen molar-refractivity contribution >= 4 is 11.3 Å². The molecule has 5 nitrogen and oxygen atoms in total. The highest BCUT2D eigenvalue weighted by atomic mass is 16.5. The first-order valence-electron chi connectivity index (χ1n) is 4.10. The van der Waals surface area contributed by atoms with Crippen molar-refractivity contribution in [1.29, 1.82) is 0 Å². The zero-order chi connectivity index (χ0) is 10.1. The first kappa shape index (κ1) is 8.68. The molecule has 0 unspecified atom stereocenters. The number of Topliss-reactive ketones (excluding diaryl/α,β-unsaturated/α-hetero) is 1. The van der Waals surface area contributed by atoms with Crippen molar-refractivity contribution in [3.05, 3.63) is 24.2 Å². The molecule has 0 amide bonds. The lowest BCUT2D eigenvalue weighted by atomic mass is 10.2. The van der Waals surface area contributed by atoms with Gasteiger partial charge in [-0.1, -0.05) is 0 Å². The summed E-state index contributed by atoms with van der Waals surface area (Å²) in [5, 5.41) is 3.97. The lowest BCUT2D eigenvalue weighted by Crippen LogP contribution is -1.95. The molecule has 0 bridgehead atoms. The minimum absolute atomic E-state index is 0.00227. The predicted octanol–water partition coefficient (Wildman–Crippen LogP) is 0.941. The quantitative estimate of drug-likeness (QED) is 0.663. The fourth-order valence-corrected chi connectivity index (χ4v) is 1.26. The van der Waals surface area contributed by atoms with E-state index in [-0.39, 0.29) is 5.78 Å². The fourth-order valence-electron chi connectivity index (χ4n) is 1.26. The monoisotopic (exact) mass is 191 g/mol. The third-order valence-electron chi connectivity index (χ3n) is 1.97. The minimum Gasteiger partial charge on any atom is -0.479 e. The molecule has 2 aromatic heterocycles. The SMILES string of the molecule is COc1ncnn2cc(C(C)=O)cc12. The van der Waals surface area contributed by atoms with Crippen molar-refractivity contribution in [3.63, 3.8) is 0 Å². The van der Waals surface area contributed by atoms with Gasteiger partial charge < -0.3 is 4.74 Å². The van der Waals surface area contributed by atoms with E-state index in [0.717, 1.165) is 0 Å². The molecule has 0 saturated carbocycles. The number of hydrogen-bond donors (Lipinski definition) is 0. The normalized spacial score (nSPS) is 10.4. The van der Waals surface area contributed by atoms with Gasteiger partial charge in [0.1, 0.15) is 11.8 Å². The summed E-state index contributed by atoms with van der Waals surface area (Å²) in [7, 11) is 1.53. The first-order valence-corrected chi connectivity index (χ1v) is 4.10. The van der Waals surface area contributed by atoms with E-state index in [1.54, 1.807) is 16.8 Å². The Balaban J connectivity index is 2.70. The van der Waals surface area contributed by atoms with Gasteiger partial charge in [0.25, 0.3) is 0 Å². The van der Waals surface area contributed by atoms with Crippen LogP contribution >= 0.6 is 0 Å². The van der Waals surface area contributed by atoms with Gasteiger partial charge in [0.15, 0.2) is 5.78 Å². The molecule has 2 heterocycles. The summed E-state index contributed by atoms with van der Waals surface area (Å²) in [5.41, 5.74) is 1.30. The number of carbonyl (C=O) groups excluding carboxylic acids is 1. The summed E-state index contributed by atoms with van der Waals surface area (Å²) in [5.74, 6) is 0.463. The summed E-state index contributed by atoms with van der Waals surface area (Å²) in [6, 6.07) is 1.71. The van der Waals surface area contributed by atoms with Gasteiger partial charge in [-0.3, -0.25) is 4.79 Å². The number of fused-ring (bicyclic) bond motifs is 1. The van der Waals surface area contributed by atoms with Gasteiger partial charge in [-0.2, -0.15) is 10.1 Å². The summed E-state index contributed by atoms with van der Waals surface area (Å²) < 4.78 is 6.61. The molecule has 0 saturated heterocycles. The molecule has 2 rings (SSSR count). The van der Waals surface area contributed by atoms with Crippen LogP contribution in [0.4, 0.5) is 0 Å². The van der Waals surface area contributed by atoms with E-state index < -0.39 is 0 Å². The smallest absolute Gasteiger partial charge is 0.241 e. The number of ketones is 1. The van der Waals surface area contributed by atoms with Crippen molar-refractivity contribution in [1.82, 2.24) is 14.6 Å². The number of ether oxygens (including phenoxy) is 1. The van der Waals surface area contributed by atoms with Crippen LogP contribution in [0, 0.1) is 0 Å². The average molecular weight is 191 g/mol. The van der Waals surface area contributed by atoms with Gasteiger partial charge >= 0.3 is 0 Å². The lowest BCUT2D eigenvalue weighted by Gasteiger charge is -1.98. The molecule has 14 heavy (non-hydrogen) atoms. The Morgan fingerprint density at radius 1 is 1.57 bits per heavy atom. The molecule has 0 fully saturated rings. The highest BCUT2D eigenvalue weighted by Crippen LogP contribution is 2.17. The summed E-state index contributed by atoms with van der Waals surface area (Å²) in [6.07, 6.45) is 3.04. The maximum absolute atomic E-state index is 11.1. The Morgan fingerprint density at radius 3 is 3.00 bits per heavy atom. The van der Waals surface area contributed by atoms with Crippen LogP contribution in [0.5, 0.6) is 5.88 Å². The Kier molecular flexibility index (Phi) is 1.92. The average Bonchev–Trinajstić information content (AvgIpc) is 2.60. The highest BCUT2D eigenvalue weighted by Gasteiger charge is 2.08. The van der Waals surface area contributed by atoms with E-state index in [0.29, 0.717) is 17.0 Å². The van der Waals surface area contributed by atoms with Crippen LogP contribution < -0.4 is 4.74 Å². The second-order valence-corrected chi connectivity index (χ2v) is 2.88. The fraction of sp³-hybridized carbons (Fsp3) is 0.222. The molecule has 2 aromatic rings. The summed E-state index contributed by atoms with van der Waals surface area (Å²) in [4.78, 5) is 15.0. The van der Waals surface area contributed by atoms with Crippen molar-refractivity contribution in [2.75, 3.05) is 7.11 Å². The molecule has 0 radical (unpaired) electrons. The molecule has 0 atom stereocenters. The molecular weight excluding hydrogens is 182 g/mol. The lowest BCUT2D eigenvalue weighted by molar-refractivity contribution is 0.101. The van der Waals surface area contributed by atoms with Crippen molar-refractivity contribution < 1.29 is 9.53 Å². The van der Waals surface area contributed by atoms with Gasteiger partial charge in [-0.05, 0) is 13.0 Å². The molecule has 0 aliphatic rings. The number of hydrogen-bond acceptors (Lipinski definition) is 4. The van der Waals surface area contributed by atoms with Crippen LogP contribution in [-0.4, -0.2) is 27.5 Å². The van der Waals surface area contributed by atoms with Gasteiger partial charge in [0, 0.05) is 11.8 Å². The molecule has 0 aliphatic carbocycles. The topological polar surface area (TPSA) is 56.5 Å². The van der Waals surface area contributed by atoms with Crippen molar-refractivity contribution in [2.45, 2.75) is 6.92 Å². The zero-order valence-corrected chi connectivity index (χ0v) is 7.89. The van der Waals surface area contributed by atoms with E-state index >= 15 is 0 Å². The van der Waals surface area contributed by atoms with E-state index in [9.17, 15) is 4.79 Å². The van der Waals surface area contributed by atoms with Crippen molar-refractivity contribution in [2.24, 2.45) is 0 Å². The summed E-state index contributed by atoms with van der Waals surface area (Å²) in [6.45, 7) is 1.51. The van der Waals surface area contributed by atoms with Crippen LogP contribution in [0.25, 0.3) is 5.52 Å². The van der Waals surface area contributed by atoms with Gasteiger partial charge in [-0.25, -0.2) is 4.52 Å². The summed E-state index contributed by atoms with van der Waals surface area (Å²) >= 11 is 0. The second kappa shape index (κ2) is 3.10. The Labute approximate surface area is 80.3 Å². The van der Waals surface area contributed by atoms with E-state index in [4.69, 9.17) is 4.74 Å². The molecule has 0 aliphatic heterocycles.